The van der Waals surface area contributed by atoms with Crippen molar-refractivity contribution in [2.24, 2.45) is 0 Å². The number of nitrogens with one attached hydrogen (secondary N) is 1. The van der Waals surface area contributed by atoms with Gasteiger partial charge in [-0.1, -0.05) is 24.3 Å². The van der Waals surface area contributed by atoms with Crippen LogP contribution < -0.4 is 11.2 Å². The van der Waals surface area contributed by atoms with E-state index in [9.17, 15) is 9.59 Å². The Bertz CT molecular complexity index is 1110. The van der Waals surface area contributed by atoms with E-state index in [-0.39, 0.29) is 5.91 Å². The smallest absolute Gasteiger partial charge is 0.408 e. The first-order valence-electron chi connectivity index (χ1n) is 7.48. The Kier molecular flexibility index (Phi) is 3.19. The highest BCUT2D eigenvalue weighted by Crippen LogP contribution is 2.17. The van der Waals surface area contributed by atoms with Crippen LogP contribution in [0.1, 0.15) is 13.0 Å². The van der Waals surface area contributed by atoms with Crippen molar-refractivity contribution in [3.05, 3.63) is 65.4 Å². The van der Waals surface area contributed by atoms with E-state index in [0.29, 0.717) is 11.1 Å². The van der Waals surface area contributed by atoms with Crippen LogP contribution >= 0.6 is 0 Å². The van der Waals surface area contributed by atoms with Gasteiger partial charge in [-0.15, -0.1) is 0 Å². The van der Waals surface area contributed by atoms with Crippen LogP contribution in [-0.2, 0) is 4.79 Å². The van der Waals surface area contributed by atoms with Gasteiger partial charge in [-0.2, -0.15) is 0 Å². The van der Waals surface area contributed by atoms with Crippen LogP contribution in [0.5, 0.6) is 0 Å². The molecule has 4 rings (SSSR count). The number of hydrogen-bond donors (Lipinski definition) is 1. The molecule has 1 N–H and O–H groups in total. The van der Waals surface area contributed by atoms with Gasteiger partial charge >= 0.3 is 5.76 Å². The van der Waals surface area contributed by atoms with Gasteiger partial charge in [0.1, 0.15) is 12.4 Å². The van der Waals surface area contributed by atoms with E-state index in [2.05, 4.69) is 10.4 Å². The van der Waals surface area contributed by atoms with Gasteiger partial charge in [0, 0.05) is 0 Å². The van der Waals surface area contributed by atoms with Gasteiger partial charge in [-0.3, -0.25) is 14.8 Å². The van der Waals surface area contributed by atoms with E-state index >= 15 is 0 Å². The molecule has 2 aromatic carbocycles. The van der Waals surface area contributed by atoms with Crippen molar-refractivity contribution >= 4 is 28.0 Å². The first kappa shape index (κ1) is 14.3. The van der Waals surface area contributed by atoms with Crippen molar-refractivity contribution in [2.45, 2.75) is 13.0 Å². The lowest BCUT2D eigenvalue weighted by Gasteiger charge is -2.14. The molecule has 0 radical (unpaired) electrons. The van der Waals surface area contributed by atoms with Crippen molar-refractivity contribution in [1.29, 1.82) is 0 Å². The van der Waals surface area contributed by atoms with Crippen molar-refractivity contribution < 1.29 is 9.21 Å². The Morgan fingerprint density at radius 2 is 1.83 bits per heavy atom. The first-order valence-corrected chi connectivity index (χ1v) is 7.48. The molecule has 4 aromatic rings. The van der Waals surface area contributed by atoms with E-state index in [4.69, 9.17) is 4.42 Å². The quantitative estimate of drug-likeness (QED) is 0.627. The maximum Gasteiger partial charge on any atom is 0.420 e. The number of hydrogen-bond acceptors (Lipinski definition) is 4. The van der Waals surface area contributed by atoms with Crippen LogP contribution in [0.2, 0.25) is 0 Å². The zero-order valence-electron chi connectivity index (χ0n) is 12.8. The second kappa shape index (κ2) is 5.38. The fraction of sp³-hybridized carbons (Fsp3) is 0.118. The molecule has 0 fully saturated rings. The largest absolute Gasteiger partial charge is 0.420 e. The van der Waals surface area contributed by atoms with Crippen LogP contribution in [0.3, 0.4) is 0 Å². The van der Waals surface area contributed by atoms with Gasteiger partial charge in [0.05, 0.1) is 16.6 Å². The summed E-state index contributed by atoms with van der Waals surface area (Å²) in [5.74, 6) is -0.902. The Morgan fingerprint density at radius 3 is 2.67 bits per heavy atom. The molecule has 1 unspecified atom stereocenters. The molecule has 24 heavy (non-hydrogen) atoms. The summed E-state index contributed by atoms with van der Waals surface area (Å²) in [6, 6.07) is 13.7. The maximum atomic E-state index is 12.6. The van der Waals surface area contributed by atoms with Crippen molar-refractivity contribution in [1.82, 2.24) is 14.2 Å². The molecular formula is C17H14N4O3. The summed E-state index contributed by atoms with van der Waals surface area (Å²) < 4.78 is 8.06. The molecule has 0 aliphatic carbocycles. The molecule has 1 atom stereocenters. The van der Waals surface area contributed by atoms with E-state index in [1.807, 2.05) is 24.3 Å². The Labute approximate surface area is 136 Å². The minimum Gasteiger partial charge on any atom is -0.408 e. The van der Waals surface area contributed by atoms with E-state index in [0.717, 1.165) is 11.0 Å². The fourth-order valence-electron chi connectivity index (χ4n) is 2.73. The minimum atomic E-state index is -0.734. The standard InChI is InChI=1S/C17H14N4O3/c1-11(21-14-8-4-5-9-15(14)24-17(21)23)16(22)19-20-10-18-12-6-2-3-7-13(12)20/h2-11H,1H3,(H,19,22). The Balaban J connectivity index is 1.69. The number of fused-ring (bicyclic) bond motifs is 2. The molecule has 0 saturated heterocycles. The summed E-state index contributed by atoms with van der Waals surface area (Å²) >= 11 is 0. The van der Waals surface area contributed by atoms with Crippen LogP contribution in [0.15, 0.2) is 64.1 Å². The number of aromatic nitrogens is 3. The number of imidazole rings is 1. The third-order valence-corrected chi connectivity index (χ3v) is 3.97. The predicted octanol–water partition coefficient (Wildman–Crippen LogP) is 2.28. The average Bonchev–Trinajstić information content (AvgIpc) is 3.14. The highest BCUT2D eigenvalue weighted by Gasteiger charge is 2.21. The SMILES string of the molecule is CC(C(=O)Nn1cnc2ccccc21)n1c(=O)oc2ccccc21. The molecule has 2 heterocycles. The summed E-state index contributed by atoms with van der Waals surface area (Å²) in [5.41, 5.74) is 5.35. The number of para-hydroxylation sites is 4. The summed E-state index contributed by atoms with van der Waals surface area (Å²) in [7, 11) is 0. The lowest BCUT2D eigenvalue weighted by atomic mass is 10.2. The van der Waals surface area contributed by atoms with Gasteiger partial charge < -0.3 is 4.42 Å². The van der Waals surface area contributed by atoms with Gasteiger partial charge in [-0.25, -0.2) is 14.5 Å². The Morgan fingerprint density at radius 1 is 1.12 bits per heavy atom. The lowest BCUT2D eigenvalue weighted by molar-refractivity contribution is -0.119. The van der Waals surface area contributed by atoms with Crippen LogP contribution in [-0.4, -0.2) is 20.1 Å². The second-order valence-corrected chi connectivity index (χ2v) is 5.46. The highest BCUT2D eigenvalue weighted by atomic mass is 16.4. The first-order chi connectivity index (χ1) is 11.6. The van der Waals surface area contributed by atoms with E-state index in [1.54, 1.807) is 35.9 Å². The number of carbonyl (C=O) groups excluding carboxylic acids is 1. The van der Waals surface area contributed by atoms with E-state index in [1.165, 1.54) is 10.9 Å². The number of rotatable bonds is 3. The zero-order valence-corrected chi connectivity index (χ0v) is 12.8. The maximum absolute atomic E-state index is 12.6. The fourth-order valence-corrected chi connectivity index (χ4v) is 2.73. The molecule has 0 aliphatic heterocycles. The van der Waals surface area contributed by atoms with Crippen LogP contribution in [0.25, 0.3) is 22.1 Å². The second-order valence-electron chi connectivity index (χ2n) is 5.46. The monoisotopic (exact) mass is 322 g/mol. The number of benzene rings is 2. The number of oxazole rings is 1. The number of nitrogens with zero attached hydrogens (tertiary/aromatic N) is 3. The molecule has 2 aromatic heterocycles. The van der Waals surface area contributed by atoms with Gasteiger partial charge in [-0.05, 0) is 31.2 Å². The Hall–Kier alpha value is -3.35. The summed E-state index contributed by atoms with van der Waals surface area (Å²) in [4.78, 5) is 28.9. The number of amides is 1. The van der Waals surface area contributed by atoms with Crippen LogP contribution in [0.4, 0.5) is 0 Å². The van der Waals surface area contributed by atoms with Crippen molar-refractivity contribution in [3.63, 3.8) is 0 Å². The summed E-state index contributed by atoms with van der Waals surface area (Å²) in [6.07, 6.45) is 1.53. The molecule has 1 amide bonds. The third kappa shape index (κ3) is 2.18. The molecule has 0 saturated carbocycles. The summed E-state index contributed by atoms with van der Waals surface area (Å²) in [5, 5.41) is 0. The summed E-state index contributed by atoms with van der Waals surface area (Å²) in [6.45, 7) is 1.65. The van der Waals surface area contributed by atoms with Gasteiger partial charge in [0.15, 0.2) is 5.58 Å². The zero-order chi connectivity index (χ0) is 16.7. The molecule has 0 spiro atoms. The molecular weight excluding hydrogens is 308 g/mol. The average molecular weight is 322 g/mol. The normalized spacial score (nSPS) is 12.5. The number of carbonyl (C=O) groups is 1. The van der Waals surface area contributed by atoms with E-state index < -0.39 is 11.8 Å². The minimum absolute atomic E-state index is 0.341. The lowest BCUT2D eigenvalue weighted by Crippen LogP contribution is -2.33. The van der Waals surface area contributed by atoms with Gasteiger partial charge in [0.25, 0.3) is 5.91 Å². The molecule has 7 nitrogen and oxygen atoms in total. The topological polar surface area (TPSA) is 82.1 Å². The van der Waals surface area contributed by atoms with Crippen LogP contribution in [0, 0.1) is 0 Å². The van der Waals surface area contributed by atoms with Crippen molar-refractivity contribution in [3.8, 4) is 0 Å². The molecule has 0 aliphatic rings. The highest BCUT2D eigenvalue weighted by molar-refractivity contribution is 5.90. The molecule has 7 heteroatoms. The molecule has 120 valence electrons. The van der Waals surface area contributed by atoms with Gasteiger partial charge in [0.2, 0.25) is 0 Å². The van der Waals surface area contributed by atoms with Crippen molar-refractivity contribution in [2.75, 3.05) is 5.43 Å². The predicted molar refractivity (Wildman–Crippen MR) is 89.3 cm³/mol. The third-order valence-electron chi connectivity index (χ3n) is 3.97. The molecule has 0 bridgehead atoms.